The number of hydrogen-bond acceptors (Lipinski definition) is 4. The Morgan fingerprint density at radius 1 is 1.52 bits per heavy atom. The van der Waals surface area contributed by atoms with Gasteiger partial charge in [-0.15, -0.1) is 11.3 Å². The average molecular weight is 323 g/mol. The van der Waals surface area contributed by atoms with Crippen LogP contribution in [0.2, 0.25) is 5.02 Å². The molecule has 0 saturated heterocycles. The van der Waals surface area contributed by atoms with E-state index in [4.69, 9.17) is 16.7 Å². The molecular formula is C15H15ClN2O2S. The van der Waals surface area contributed by atoms with Crippen molar-refractivity contribution in [1.82, 2.24) is 4.98 Å². The molecule has 0 fully saturated rings. The summed E-state index contributed by atoms with van der Waals surface area (Å²) in [6, 6.07) is 5.43. The highest BCUT2D eigenvalue weighted by Gasteiger charge is 2.12. The molecule has 6 heteroatoms. The quantitative estimate of drug-likeness (QED) is 0.850. The van der Waals surface area contributed by atoms with Crippen molar-refractivity contribution >= 4 is 40.7 Å². The van der Waals surface area contributed by atoms with Gasteiger partial charge in [-0.25, -0.2) is 9.78 Å². The Balaban J connectivity index is 2.30. The lowest BCUT2D eigenvalue weighted by Crippen LogP contribution is -2.18. The first-order valence-corrected chi connectivity index (χ1v) is 7.55. The van der Waals surface area contributed by atoms with Crippen LogP contribution in [0.1, 0.15) is 16.3 Å². The number of halogens is 1. The molecule has 0 atom stereocenters. The first kappa shape index (κ1) is 15.5. The maximum atomic E-state index is 10.7. The largest absolute Gasteiger partial charge is 0.478 e. The number of benzene rings is 1. The lowest BCUT2D eigenvalue weighted by atomic mass is 10.1. The molecule has 0 unspecified atom stereocenters. The van der Waals surface area contributed by atoms with Crippen LogP contribution >= 0.6 is 22.9 Å². The fraction of sp³-hybridized carbons (Fsp3) is 0.200. The highest BCUT2D eigenvalue weighted by Crippen LogP contribution is 2.31. The van der Waals surface area contributed by atoms with Crippen LogP contribution in [0.3, 0.4) is 0 Å². The maximum Gasteiger partial charge on any atom is 0.328 e. The van der Waals surface area contributed by atoms with E-state index in [-0.39, 0.29) is 0 Å². The third-order valence-electron chi connectivity index (χ3n) is 2.87. The molecule has 0 aliphatic carbocycles. The van der Waals surface area contributed by atoms with Crippen LogP contribution in [0.25, 0.3) is 6.08 Å². The number of carboxylic acid groups (broad SMARTS) is 1. The smallest absolute Gasteiger partial charge is 0.328 e. The minimum absolute atomic E-state index is 0.581. The van der Waals surface area contributed by atoms with Crippen molar-refractivity contribution in [2.45, 2.75) is 13.5 Å². The number of aliphatic carboxylic acids is 1. The highest BCUT2D eigenvalue weighted by molar-refractivity contribution is 7.09. The Bertz CT molecular complexity index is 682. The lowest BCUT2D eigenvalue weighted by Gasteiger charge is -2.22. The molecule has 1 N–H and O–H groups in total. The van der Waals surface area contributed by atoms with Gasteiger partial charge in [0.2, 0.25) is 0 Å². The van der Waals surface area contributed by atoms with Crippen molar-refractivity contribution in [1.29, 1.82) is 0 Å². The number of carbonyl (C=O) groups is 1. The first-order valence-electron chi connectivity index (χ1n) is 6.29. The van der Waals surface area contributed by atoms with Gasteiger partial charge < -0.3 is 10.0 Å². The monoisotopic (exact) mass is 322 g/mol. The number of rotatable bonds is 5. The van der Waals surface area contributed by atoms with Crippen molar-refractivity contribution in [2.75, 3.05) is 11.9 Å². The maximum absolute atomic E-state index is 10.7. The normalized spacial score (nSPS) is 11.0. The zero-order valence-electron chi connectivity index (χ0n) is 11.7. The molecule has 0 aliphatic heterocycles. The van der Waals surface area contributed by atoms with Gasteiger partial charge in [-0.3, -0.25) is 0 Å². The molecule has 0 spiro atoms. The number of anilines is 1. The number of carboxylic acids is 1. The predicted molar refractivity (Wildman–Crippen MR) is 87.1 cm³/mol. The minimum atomic E-state index is -0.987. The van der Waals surface area contributed by atoms with Crippen molar-refractivity contribution in [3.63, 3.8) is 0 Å². The number of para-hydroxylation sites is 1. The van der Waals surface area contributed by atoms with Gasteiger partial charge in [0.05, 0.1) is 28.0 Å². The Labute approximate surface area is 132 Å². The zero-order chi connectivity index (χ0) is 15.4. The van der Waals surface area contributed by atoms with Crippen molar-refractivity contribution in [3.05, 3.63) is 50.9 Å². The van der Waals surface area contributed by atoms with E-state index in [1.54, 1.807) is 29.5 Å². The van der Waals surface area contributed by atoms with Crippen LogP contribution in [0.4, 0.5) is 5.69 Å². The third kappa shape index (κ3) is 4.06. The van der Waals surface area contributed by atoms with Gasteiger partial charge in [-0.2, -0.15) is 0 Å². The van der Waals surface area contributed by atoms with Crippen LogP contribution in [0, 0.1) is 6.92 Å². The zero-order valence-corrected chi connectivity index (χ0v) is 13.3. The number of thiazole rings is 1. The predicted octanol–water partition coefficient (Wildman–Crippen LogP) is 3.84. The van der Waals surface area contributed by atoms with Gasteiger partial charge in [-0.1, -0.05) is 23.7 Å². The van der Waals surface area contributed by atoms with Gasteiger partial charge in [0.25, 0.3) is 0 Å². The lowest BCUT2D eigenvalue weighted by molar-refractivity contribution is -0.131. The summed E-state index contributed by atoms with van der Waals surface area (Å²) < 4.78 is 0. The molecule has 1 aromatic heterocycles. The van der Waals surface area contributed by atoms with E-state index in [1.807, 2.05) is 30.3 Å². The van der Waals surface area contributed by atoms with Gasteiger partial charge in [0.1, 0.15) is 0 Å². The average Bonchev–Trinajstić information content (AvgIpc) is 2.81. The van der Waals surface area contributed by atoms with Gasteiger partial charge >= 0.3 is 5.97 Å². The second-order valence-corrected chi connectivity index (χ2v) is 6.03. The molecule has 0 radical (unpaired) electrons. The SMILES string of the molecule is Cc1nc(CN(C)c2c(Cl)cccc2/C=C/C(=O)O)cs1. The second kappa shape index (κ2) is 6.74. The number of aromatic nitrogens is 1. The molecule has 2 rings (SSSR count). The highest BCUT2D eigenvalue weighted by atomic mass is 35.5. The molecule has 0 saturated carbocycles. The standard InChI is InChI=1S/C15H15ClN2O2S/c1-10-17-12(9-21-10)8-18(2)15-11(6-7-14(19)20)4-3-5-13(15)16/h3-7,9H,8H2,1-2H3,(H,19,20)/b7-6+. The molecule has 0 aliphatic rings. The van der Waals surface area contributed by atoms with E-state index in [9.17, 15) is 4.79 Å². The minimum Gasteiger partial charge on any atom is -0.478 e. The summed E-state index contributed by atoms with van der Waals surface area (Å²) in [5, 5.41) is 12.4. The third-order valence-corrected chi connectivity index (χ3v) is 4.00. The van der Waals surface area contributed by atoms with Gasteiger partial charge in [0, 0.05) is 18.5 Å². The van der Waals surface area contributed by atoms with Crippen molar-refractivity contribution in [3.8, 4) is 0 Å². The van der Waals surface area contributed by atoms with E-state index in [2.05, 4.69) is 4.98 Å². The van der Waals surface area contributed by atoms with Crippen LogP contribution in [0.15, 0.2) is 29.7 Å². The van der Waals surface area contributed by atoms with E-state index < -0.39 is 5.97 Å². The van der Waals surface area contributed by atoms with Crippen molar-refractivity contribution < 1.29 is 9.90 Å². The Morgan fingerprint density at radius 3 is 2.90 bits per heavy atom. The summed E-state index contributed by atoms with van der Waals surface area (Å²) in [5.41, 5.74) is 2.52. The summed E-state index contributed by atoms with van der Waals surface area (Å²) in [6.45, 7) is 2.58. The van der Waals surface area contributed by atoms with Crippen LogP contribution in [-0.4, -0.2) is 23.1 Å². The summed E-state index contributed by atoms with van der Waals surface area (Å²) in [4.78, 5) is 17.1. The number of nitrogens with zero attached hydrogens (tertiary/aromatic N) is 2. The van der Waals surface area contributed by atoms with Gasteiger partial charge in [-0.05, 0) is 24.6 Å². The fourth-order valence-electron chi connectivity index (χ4n) is 2.03. The van der Waals surface area contributed by atoms with E-state index in [1.165, 1.54) is 0 Å². The van der Waals surface area contributed by atoms with Crippen LogP contribution in [-0.2, 0) is 11.3 Å². The molecule has 0 bridgehead atoms. The Kier molecular flexibility index (Phi) is 4.98. The van der Waals surface area contributed by atoms with Crippen LogP contribution in [0.5, 0.6) is 0 Å². The summed E-state index contributed by atoms with van der Waals surface area (Å²) >= 11 is 7.87. The molecule has 1 heterocycles. The van der Waals surface area contributed by atoms with Crippen LogP contribution < -0.4 is 4.90 Å². The van der Waals surface area contributed by atoms with E-state index in [0.717, 1.165) is 28.0 Å². The second-order valence-electron chi connectivity index (χ2n) is 4.56. The Morgan fingerprint density at radius 2 is 2.29 bits per heavy atom. The van der Waals surface area contributed by atoms with Gasteiger partial charge in [0.15, 0.2) is 0 Å². The molecule has 2 aromatic rings. The number of aryl methyl sites for hydroxylation is 1. The topological polar surface area (TPSA) is 53.4 Å². The summed E-state index contributed by atoms with van der Waals surface area (Å²) in [5.74, 6) is -0.987. The summed E-state index contributed by atoms with van der Waals surface area (Å²) in [7, 11) is 1.91. The Hall–Kier alpha value is -1.85. The number of hydrogen-bond donors (Lipinski definition) is 1. The first-order chi connectivity index (χ1) is 9.97. The molecule has 21 heavy (non-hydrogen) atoms. The summed E-state index contributed by atoms with van der Waals surface area (Å²) in [6.07, 6.45) is 2.66. The molecular weight excluding hydrogens is 308 g/mol. The fourth-order valence-corrected chi connectivity index (χ4v) is 2.96. The van der Waals surface area contributed by atoms with Crippen molar-refractivity contribution in [2.24, 2.45) is 0 Å². The van der Waals surface area contributed by atoms with E-state index >= 15 is 0 Å². The molecule has 1 aromatic carbocycles. The molecule has 4 nitrogen and oxygen atoms in total. The van der Waals surface area contributed by atoms with E-state index in [0.29, 0.717) is 11.6 Å². The molecule has 110 valence electrons. The molecule has 0 amide bonds.